The zero-order chi connectivity index (χ0) is 19.9. The molecule has 0 aliphatic carbocycles. The summed E-state index contributed by atoms with van der Waals surface area (Å²) in [6, 6.07) is 15.5. The van der Waals surface area contributed by atoms with Crippen LogP contribution in [0.3, 0.4) is 0 Å². The second-order valence-corrected chi connectivity index (χ2v) is 7.02. The Bertz CT molecular complexity index is 625. The molecule has 0 bridgehead atoms. The van der Waals surface area contributed by atoms with Crippen LogP contribution in [0.4, 0.5) is 0 Å². The fraction of sp³-hybridized carbons (Fsp3) is 0.429. The lowest BCUT2D eigenvalue weighted by atomic mass is 9.78. The number of hydrogen-bond acceptors (Lipinski definition) is 5. The van der Waals surface area contributed by atoms with Crippen LogP contribution in [-0.2, 0) is 5.41 Å². The molecule has 1 unspecified atom stereocenters. The molecule has 0 saturated heterocycles. The van der Waals surface area contributed by atoms with Crippen molar-refractivity contribution in [3.05, 3.63) is 59.7 Å². The van der Waals surface area contributed by atoms with Gasteiger partial charge in [0.15, 0.2) is 0 Å². The Morgan fingerprint density at radius 2 is 1.22 bits per heavy atom. The van der Waals surface area contributed by atoms with Gasteiger partial charge in [0.1, 0.15) is 30.8 Å². The van der Waals surface area contributed by atoms with Gasteiger partial charge in [0.25, 0.3) is 0 Å². The maximum atomic E-state index is 9.47. The Balaban J connectivity index is 2.04. The minimum Gasteiger partial charge on any atom is -0.491 e. The van der Waals surface area contributed by atoms with E-state index in [0.29, 0.717) is 11.5 Å². The van der Waals surface area contributed by atoms with E-state index in [1.54, 1.807) is 0 Å². The van der Waals surface area contributed by atoms with E-state index in [4.69, 9.17) is 22.4 Å². The van der Waals surface area contributed by atoms with E-state index in [9.17, 15) is 10.2 Å². The molecule has 2 aromatic rings. The molecular formula is C21H27BO5. The van der Waals surface area contributed by atoms with Crippen LogP contribution in [0.25, 0.3) is 0 Å². The predicted molar refractivity (Wildman–Crippen MR) is 106 cm³/mol. The lowest BCUT2D eigenvalue weighted by Gasteiger charge is -2.26. The van der Waals surface area contributed by atoms with Gasteiger partial charge in [0.2, 0.25) is 0 Å². The number of ether oxygens (including phenoxy) is 2. The van der Waals surface area contributed by atoms with Gasteiger partial charge < -0.3 is 24.8 Å². The average molecular weight is 370 g/mol. The molecule has 0 amide bonds. The Morgan fingerprint density at radius 3 is 1.59 bits per heavy atom. The highest BCUT2D eigenvalue weighted by molar-refractivity contribution is 6.08. The number of aliphatic hydroxyl groups is 3. The molecule has 0 heterocycles. The van der Waals surface area contributed by atoms with Crippen LogP contribution in [0.15, 0.2) is 48.5 Å². The second-order valence-electron chi connectivity index (χ2n) is 7.02. The molecule has 0 fully saturated rings. The molecule has 144 valence electrons. The maximum Gasteiger partial charge on any atom is 0.119 e. The van der Waals surface area contributed by atoms with E-state index in [-0.39, 0.29) is 31.6 Å². The first-order valence-electron chi connectivity index (χ1n) is 9.00. The molecular weight excluding hydrogens is 343 g/mol. The quantitative estimate of drug-likeness (QED) is 0.558. The first-order chi connectivity index (χ1) is 12.9. The second kappa shape index (κ2) is 9.79. The van der Waals surface area contributed by atoms with E-state index in [1.165, 1.54) is 0 Å². The monoisotopic (exact) mass is 370 g/mol. The van der Waals surface area contributed by atoms with E-state index in [2.05, 4.69) is 13.8 Å². The molecule has 2 radical (unpaired) electrons. The van der Waals surface area contributed by atoms with Crippen LogP contribution in [-0.4, -0.2) is 55.2 Å². The predicted octanol–water partition coefficient (Wildman–Crippen LogP) is 2.07. The molecule has 3 N–H and O–H groups in total. The minimum atomic E-state index is -0.882. The van der Waals surface area contributed by atoms with Gasteiger partial charge in [-0.05, 0) is 35.4 Å². The Labute approximate surface area is 162 Å². The normalized spacial score (nSPS) is 13.8. The highest BCUT2D eigenvalue weighted by atomic mass is 16.5. The Hall–Kier alpha value is -2.02. The summed E-state index contributed by atoms with van der Waals surface area (Å²) in [4.78, 5) is 0. The summed E-state index contributed by atoms with van der Waals surface area (Å²) >= 11 is 0. The van der Waals surface area contributed by atoms with E-state index >= 15 is 0 Å². The lowest BCUT2D eigenvalue weighted by Crippen LogP contribution is -2.21. The van der Waals surface area contributed by atoms with Crippen molar-refractivity contribution in [1.29, 1.82) is 0 Å². The Kier molecular flexibility index (Phi) is 7.71. The van der Waals surface area contributed by atoms with Gasteiger partial charge in [-0.2, -0.15) is 0 Å². The highest BCUT2D eigenvalue weighted by Gasteiger charge is 2.23. The fourth-order valence-electron chi connectivity index (χ4n) is 2.61. The molecule has 5 nitrogen and oxygen atoms in total. The van der Waals surface area contributed by atoms with Crippen molar-refractivity contribution in [2.75, 3.05) is 19.8 Å². The summed E-state index contributed by atoms with van der Waals surface area (Å²) in [7, 11) is 5.37. The molecule has 6 heteroatoms. The smallest absolute Gasteiger partial charge is 0.119 e. The summed E-state index contributed by atoms with van der Waals surface area (Å²) < 4.78 is 11.0. The minimum absolute atomic E-state index is 0.0551. The number of aliphatic hydroxyl groups excluding tert-OH is 3. The fourth-order valence-corrected chi connectivity index (χ4v) is 2.61. The van der Waals surface area contributed by atoms with Crippen molar-refractivity contribution >= 4 is 7.85 Å². The summed E-state index contributed by atoms with van der Waals surface area (Å²) in [5, 5.41) is 27.6. The van der Waals surface area contributed by atoms with Gasteiger partial charge in [0.05, 0.1) is 20.6 Å². The van der Waals surface area contributed by atoms with Gasteiger partial charge in [-0.15, -0.1) is 0 Å². The largest absolute Gasteiger partial charge is 0.491 e. The van der Waals surface area contributed by atoms with Crippen molar-refractivity contribution in [1.82, 2.24) is 0 Å². The molecule has 0 aliphatic rings. The third-order valence-electron chi connectivity index (χ3n) is 4.52. The molecule has 0 saturated carbocycles. The number of rotatable bonds is 10. The van der Waals surface area contributed by atoms with Crippen LogP contribution in [0, 0.1) is 0 Å². The maximum absolute atomic E-state index is 9.47. The molecule has 2 aromatic carbocycles. The van der Waals surface area contributed by atoms with Crippen molar-refractivity contribution in [2.45, 2.75) is 37.8 Å². The topological polar surface area (TPSA) is 79.2 Å². The SMILES string of the molecule is [B]C[C@H](O)COc1ccc(C(C)(C)c2ccc(OCC(O)CO)cc2)cc1. The first-order valence-corrected chi connectivity index (χ1v) is 9.00. The van der Waals surface area contributed by atoms with Gasteiger partial charge in [0, 0.05) is 5.41 Å². The molecule has 2 rings (SSSR count). The van der Waals surface area contributed by atoms with E-state index in [0.717, 1.165) is 11.1 Å². The van der Waals surface area contributed by atoms with E-state index in [1.807, 2.05) is 48.5 Å². The molecule has 2 atom stereocenters. The van der Waals surface area contributed by atoms with Crippen LogP contribution < -0.4 is 9.47 Å². The van der Waals surface area contributed by atoms with Crippen LogP contribution in [0.2, 0.25) is 6.32 Å². The molecule has 0 spiro atoms. The third-order valence-corrected chi connectivity index (χ3v) is 4.52. The molecule has 0 aliphatic heterocycles. The van der Waals surface area contributed by atoms with Gasteiger partial charge in [-0.25, -0.2) is 0 Å². The summed E-state index contributed by atoms with van der Waals surface area (Å²) in [5.74, 6) is 1.33. The number of benzene rings is 2. The standard InChI is InChI=1S/C21H27BO5/c1-21(2,15-3-7-19(8-4-15)26-13-17(24)11-22)16-5-9-20(10-6-16)27-14-18(25)12-23/h3-10,17-18,23-25H,11-14H2,1-2H3/t17-,18?/m0/s1. The van der Waals surface area contributed by atoms with Crippen molar-refractivity contribution in [3.63, 3.8) is 0 Å². The van der Waals surface area contributed by atoms with Crippen LogP contribution in [0.5, 0.6) is 11.5 Å². The summed E-state index contributed by atoms with van der Waals surface area (Å²) in [6.45, 7) is 4.17. The summed E-state index contributed by atoms with van der Waals surface area (Å²) in [6.07, 6.45) is -1.38. The van der Waals surface area contributed by atoms with Gasteiger partial charge >= 0.3 is 0 Å². The van der Waals surface area contributed by atoms with Crippen molar-refractivity contribution in [2.24, 2.45) is 0 Å². The lowest BCUT2D eigenvalue weighted by molar-refractivity contribution is 0.0536. The van der Waals surface area contributed by atoms with Crippen molar-refractivity contribution in [3.8, 4) is 11.5 Å². The van der Waals surface area contributed by atoms with Crippen molar-refractivity contribution < 1.29 is 24.8 Å². The summed E-state index contributed by atoms with van der Waals surface area (Å²) in [5.41, 5.74) is 2.02. The van der Waals surface area contributed by atoms with Crippen LogP contribution in [0.1, 0.15) is 25.0 Å². The zero-order valence-electron chi connectivity index (χ0n) is 15.8. The molecule has 0 aromatic heterocycles. The van der Waals surface area contributed by atoms with Gasteiger partial charge in [-0.3, -0.25) is 0 Å². The zero-order valence-corrected chi connectivity index (χ0v) is 15.8. The van der Waals surface area contributed by atoms with E-state index < -0.39 is 12.2 Å². The first kappa shape index (κ1) is 21.3. The van der Waals surface area contributed by atoms with Crippen LogP contribution >= 0.6 is 0 Å². The number of hydrogen-bond donors (Lipinski definition) is 3. The Morgan fingerprint density at radius 1 is 0.815 bits per heavy atom. The highest BCUT2D eigenvalue weighted by Crippen LogP contribution is 2.33. The average Bonchev–Trinajstić information content (AvgIpc) is 2.70. The molecule has 27 heavy (non-hydrogen) atoms. The third kappa shape index (κ3) is 5.99. The van der Waals surface area contributed by atoms with Gasteiger partial charge in [-0.1, -0.05) is 44.4 Å².